The van der Waals surface area contributed by atoms with Crippen molar-refractivity contribution >= 4 is 29.3 Å². The van der Waals surface area contributed by atoms with Gasteiger partial charge in [0.25, 0.3) is 0 Å². The van der Waals surface area contributed by atoms with Gasteiger partial charge < -0.3 is 4.74 Å². The van der Waals surface area contributed by atoms with E-state index in [9.17, 15) is 0 Å². The molecule has 0 unspecified atom stereocenters. The fraction of sp³-hybridized carbons (Fsp3) is 0.176. The number of rotatable bonds is 8. The summed E-state index contributed by atoms with van der Waals surface area (Å²) in [6.07, 6.45) is 7.92. The van der Waals surface area contributed by atoms with Gasteiger partial charge in [0.05, 0.1) is 13.3 Å². The van der Waals surface area contributed by atoms with Crippen molar-refractivity contribution in [1.29, 1.82) is 0 Å². The summed E-state index contributed by atoms with van der Waals surface area (Å²) in [6.45, 7) is 8.68. The summed E-state index contributed by atoms with van der Waals surface area (Å²) >= 11 is 0. The Hall–Kier alpha value is -3.41. The van der Waals surface area contributed by atoms with Crippen LogP contribution in [0.3, 0.4) is 0 Å². The van der Waals surface area contributed by atoms with Gasteiger partial charge in [-0.15, -0.1) is 0 Å². The van der Waals surface area contributed by atoms with Gasteiger partial charge in [0.15, 0.2) is 0 Å². The second-order valence-corrected chi connectivity index (χ2v) is 12.9. The van der Waals surface area contributed by atoms with Crippen LogP contribution < -0.4 is 20.7 Å². The maximum atomic E-state index is 5.56. The third-order valence-electron chi connectivity index (χ3n) is 7.12. The van der Waals surface area contributed by atoms with Crippen LogP contribution in [0.5, 0.6) is 5.75 Å². The summed E-state index contributed by atoms with van der Waals surface area (Å²) in [5.41, 5.74) is 6.26. The van der Waals surface area contributed by atoms with Crippen LogP contribution in [-0.4, -0.2) is 13.3 Å². The van der Waals surface area contributed by atoms with E-state index in [0.717, 1.165) is 11.9 Å². The summed E-state index contributed by atoms with van der Waals surface area (Å²) in [5, 5.41) is 4.23. The highest BCUT2D eigenvalue weighted by Gasteiger charge is 2.44. The first-order valence-corrected chi connectivity index (χ1v) is 14.5. The minimum atomic E-state index is -1.87. The molecule has 2 heteroatoms. The highest BCUT2D eigenvalue weighted by Crippen LogP contribution is 2.55. The van der Waals surface area contributed by atoms with E-state index in [1.807, 2.05) is 0 Å². The summed E-state index contributed by atoms with van der Waals surface area (Å²) in [6, 6.07) is 35.3. The lowest BCUT2D eigenvalue weighted by molar-refractivity contribution is 0.411. The molecule has 0 bridgehead atoms. The maximum absolute atomic E-state index is 5.56. The lowest BCUT2D eigenvalue weighted by atomic mass is 9.96. The Kier molecular flexibility index (Phi) is 8.24. The third-order valence-corrected chi connectivity index (χ3v) is 11.4. The lowest BCUT2D eigenvalue weighted by Gasteiger charge is -2.26. The molecule has 0 saturated carbocycles. The third kappa shape index (κ3) is 5.23. The molecule has 1 nitrogen and oxygen atoms in total. The molecule has 0 aliphatic heterocycles. The second-order valence-electron chi connectivity index (χ2n) is 9.34. The highest BCUT2D eigenvalue weighted by atomic mass is 31.2. The van der Waals surface area contributed by atoms with Crippen LogP contribution in [0.15, 0.2) is 115 Å². The average Bonchev–Trinajstić information content (AvgIpc) is 2.93. The molecule has 0 amide bonds. The van der Waals surface area contributed by atoms with Crippen LogP contribution in [0, 0.1) is 20.8 Å². The van der Waals surface area contributed by atoms with E-state index in [1.165, 1.54) is 43.7 Å². The molecule has 182 valence electrons. The molecule has 0 saturated heterocycles. The normalized spacial score (nSPS) is 12.2. The number of allylic oxidation sites excluding steroid dienone is 3. The van der Waals surface area contributed by atoms with Crippen LogP contribution in [0.4, 0.5) is 0 Å². The topological polar surface area (TPSA) is 9.23 Å². The molecule has 0 N–H and O–H groups in total. The zero-order valence-corrected chi connectivity index (χ0v) is 22.9. The Labute approximate surface area is 217 Å². The van der Waals surface area contributed by atoms with E-state index in [1.54, 1.807) is 7.11 Å². The van der Waals surface area contributed by atoms with E-state index >= 15 is 0 Å². The fourth-order valence-electron chi connectivity index (χ4n) is 4.91. The first-order valence-electron chi connectivity index (χ1n) is 12.5. The van der Waals surface area contributed by atoms with Crippen molar-refractivity contribution in [2.24, 2.45) is 0 Å². The van der Waals surface area contributed by atoms with Gasteiger partial charge in [-0.1, -0.05) is 72.3 Å². The van der Waals surface area contributed by atoms with Gasteiger partial charge in [-0.25, -0.2) is 0 Å². The van der Waals surface area contributed by atoms with Crippen LogP contribution in [0.25, 0.3) is 6.08 Å². The lowest BCUT2D eigenvalue weighted by Crippen LogP contribution is -2.33. The van der Waals surface area contributed by atoms with Gasteiger partial charge in [0.1, 0.15) is 28.9 Å². The van der Waals surface area contributed by atoms with E-state index in [4.69, 9.17) is 4.74 Å². The molecule has 4 aromatic rings. The standard InChI is InChI=1S/C34H36OP/c1-26(21-22-33-27(2)25-34(35-5)29(4)28(33)3)23-24-36(30-15-9-6-10-16-30,31-17-11-7-12-18-31)32-19-13-8-14-20-32/h6-23,25H,24H2,1-5H3/q+1. The van der Waals surface area contributed by atoms with E-state index in [2.05, 4.69) is 143 Å². The number of aryl methyl sites for hydroxylation is 1. The summed E-state index contributed by atoms with van der Waals surface area (Å²) in [4.78, 5) is 0. The number of methoxy groups -OCH3 is 1. The van der Waals surface area contributed by atoms with Crippen molar-refractivity contribution in [3.05, 3.63) is 137 Å². The van der Waals surface area contributed by atoms with Crippen LogP contribution in [0.2, 0.25) is 0 Å². The van der Waals surface area contributed by atoms with Crippen molar-refractivity contribution in [3.8, 4) is 5.75 Å². The van der Waals surface area contributed by atoms with E-state index in [0.29, 0.717) is 0 Å². The Morgan fingerprint density at radius 3 is 1.64 bits per heavy atom. The maximum Gasteiger partial charge on any atom is 0.122 e. The molecule has 36 heavy (non-hydrogen) atoms. The fourth-order valence-corrected chi connectivity index (χ4v) is 9.04. The predicted molar refractivity (Wildman–Crippen MR) is 160 cm³/mol. The minimum absolute atomic E-state index is 0.956. The molecule has 0 aliphatic rings. The largest absolute Gasteiger partial charge is 0.496 e. The van der Waals surface area contributed by atoms with Crippen LogP contribution >= 0.6 is 7.26 Å². The molecule has 0 heterocycles. The first-order chi connectivity index (χ1) is 17.5. The molecule has 0 fully saturated rings. The molecule has 0 spiro atoms. The van der Waals surface area contributed by atoms with Gasteiger partial charge in [-0.05, 0) is 98.5 Å². The molecule has 0 aromatic heterocycles. The minimum Gasteiger partial charge on any atom is -0.496 e. The Balaban J connectivity index is 1.78. The van der Waals surface area contributed by atoms with Crippen molar-refractivity contribution in [2.75, 3.05) is 13.3 Å². The molecule has 0 radical (unpaired) electrons. The molecular formula is C34H36OP+. The number of hydrogen-bond donors (Lipinski definition) is 0. The molecule has 4 aromatic carbocycles. The Bertz CT molecular complexity index is 1260. The average molecular weight is 492 g/mol. The van der Waals surface area contributed by atoms with Crippen LogP contribution in [0.1, 0.15) is 29.2 Å². The zero-order valence-electron chi connectivity index (χ0n) is 22.0. The SMILES string of the molecule is COc1cc(C)c(C=CC(C)=CC[P+](c2ccccc2)(c2ccccc2)c2ccccc2)c(C)c1C. The Morgan fingerprint density at radius 1 is 0.722 bits per heavy atom. The van der Waals surface area contributed by atoms with Crippen molar-refractivity contribution in [1.82, 2.24) is 0 Å². The number of benzene rings is 4. The smallest absolute Gasteiger partial charge is 0.122 e. The molecule has 0 aliphatic carbocycles. The van der Waals surface area contributed by atoms with Gasteiger partial charge in [0.2, 0.25) is 0 Å². The van der Waals surface area contributed by atoms with Crippen molar-refractivity contribution in [2.45, 2.75) is 27.7 Å². The quantitative estimate of drug-likeness (QED) is 0.182. The Morgan fingerprint density at radius 2 is 1.19 bits per heavy atom. The number of hydrogen-bond acceptors (Lipinski definition) is 1. The van der Waals surface area contributed by atoms with Gasteiger partial charge >= 0.3 is 0 Å². The second kappa shape index (κ2) is 11.5. The summed E-state index contributed by atoms with van der Waals surface area (Å²) < 4.78 is 5.56. The summed E-state index contributed by atoms with van der Waals surface area (Å²) in [7, 11) is -0.126. The van der Waals surface area contributed by atoms with Crippen molar-refractivity contribution < 1.29 is 4.74 Å². The number of ether oxygens (including phenoxy) is 1. The van der Waals surface area contributed by atoms with E-state index in [-0.39, 0.29) is 0 Å². The first kappa shape index (κ1) is 25.7. The van der Waals surface area contributed by atoms with E-state index < -0.39 is 7.26 Å². The molecular weight excluding hydrogens is 455 g/mol. The van der Waals surface area contributed by atoms with Crippen LogP contribution in [-0.2, 0) is 0 Å². The van der Waals surface area contributed by atoms with Gasteiger partial charge in [-0.3, -0.25) is 0 Å². The van der Waals surface area contributed by atoms with Gasteiger partial charge in [-0.2, -0.15) is 0 Å². The highest BCUT2D eigenvalue weighted by molar-refractivity contribution is 7.95. The molecule has 0 atom stereocenters. The zero-order chi connectivity index (χ0) is 25.5. The van der Waals surface area contributed by atoms with Gasteiger partial charge in [0, 0.05) is 0 Å². The molecule has 4 rings (SSSR count). The predicted octanol–water partition coefficient (Wildman–Crippen LogP) is 7.57. The monoisotopic (exact) mass is 491 g/mol. The summed E-state index contributed by atoms with van der Waals surface area (Å²) in [5.74, 6) is 0.956. The van der Waals surface area contributed by atoms with Crippen molar-refractivity contribution in [3.63, 3.8) is 0 Å².